The van der Waals surface area contributed by atoms with E-state index in [1.165, 1.54) is 4.90 Å². The average Bonchev–Trinajstić information content (AvgIpc) is 3.07. The normalized spacial score (nSPS) is 25.5. The summed E-state index contributed by atoms with van der Waals surface area (Å²) in [6, 6.07) is -0.125. The van der Waals surface area contributed by atoms with Crippen molar-refractivity contribution in [2.24, 2.45) is 0 Å². The maximum absolute atomic E-state index is 12.1. The number of carbonyl (C=O) groups excluding carboxylic acids is 1. The van der Waals surface area contributed by atoms with Crippen LogP contribution in [0, 0.1) is 0 Å². The Kier molecular flexibility index (Phi) is 2.35. The fraction of sp³-hybridized carbons (Fsp3) is 0.308. The first kappa shape index (κ1) is 11.8. The number of nitrogens with zero attached hydrogens (tertiary/aromatic N) is 3. The van der Waals surface area contributed by atoms with Crippen molar-refractivity contribution in [2.45, 2.75) is 24.1 Å². The van der Waals surface area contributed by atoms with Gasteiger partial charge in [-0.1, -0.05) is 6.08 Å². The second kappa shape index (κ2) is 3.99. The summed E-state index contributed by atoms with van der Waals surface area (Å²) in [5, 5.41) is 9.01. The fourth-order valence-electron chi connectivity index (χ4n) is 2.84. The third kappa shape index (κ3) is 1.49. The van der Waals surface area contributed by atoms with Gasteiger partial charge in [0.2, 0.25) is 0 Å². The monoisotopic (exact) mass is 289 g/mol. The number of carboxylic acids is 1. The van der Waals surface area contributed by atoms with Crippen LogP contribution in [0.2, 0.25) is 0 Å². The summed E-state index contributed by atoms with van der Waals surface area (Å²) in [6.07, 6.45) is 5.91. The number of carbonyl (C=O) groups is 2. The number of thioether (sulfide) groups is 1. The minimum absolute atomic E-state index is 0.0980. The smallest absolute Gasteiger partial charge is 0.352 e. The molecule has 1 fully saturated rings. The summed E-state index contributed by atoms with van der Waals surface area (Å²) in [5.74, 6) is 1.57. The number of carboxylic acid groups (broad SMARTS) is 1. The van der Waals surface area contributed by atoms with Crippen LogP contribution in [-0.2, 0) is 21.2 Å². The Labute approximate surface area is 118 Å². The number of aliphatic carboxylic acids is 1. The highest BCUT2D eigenvalue weighted by Crippen LogP contribution is 2.39. The van der Waals surface area contributed by atoms with Crippen LogP contribution in [0.25, 0.3) is 6.08 Å². The fourth-order valence-corrected chi connectivity index (χ4v) is 3.77. The van der Waals surface area contributed by atoms with Gasteiger partial charge in [0, 0.05) is 11.8 Å². The van der Waals surface area contributed by atoms with Crippen LogP contribution in [0.1, 0.15) is 17.9 Å². The van der Waals surface area contributed by atoms with E-state index in [4.69, 9.17) is 5.11 Å². The molecule has 0 aliphatic carbocycles. The van der Waals surface area contributed by atoms with Gasteiger partial charge in [0.1, 0.15) is 11.5 Å². The van der Waals surface area contributed by atoms with E-state index in [1.54, 1.807) is 12.2 Å². The number of imidazole rings is 1. The van der Waals surface area contributed by atoms with Crippen molar-refractivity contribution in [2.75, 3.05) is 0 Å². The molecule has 4 rings (SSSR count). The molecule has 3 aliphatic rings. The SMILES string of the molecule is O=C(O)C1=CCC2/C(=C\c3cn4c(n3)CSC4)C(=O)N12. The lowest BCUT2D eigenvalue weighted by Gasteiger charge is -2.38. The predicted octanol–water partition coefficient (Wildman–Crippen LogP) is 1.05. The summed E-state index contributed by atoms with van der Waals surface area (Å²) >= 11 is 1.81. The standard InChI is InChI=1S/C13H11N3O3S/c17-12-8(9-1-2-10(13(18)19)16(9)12)3-7-4-15-6-20-5-11(15)14-7/h2-4,9H,1,5-6H2,(H,18,19)/b8-3+. The van der Waals surface area contributed by atoms with E-state index >= 15 is 0 Å². The highest BCUT2D eigenvalue weighted by molar-refractivity contribution is 7.97. The van der Waals surface area contributed by atoms with E-state index < -0.39 is 5.97 Å². The number of amides is 1. The van der Waals surface area contributed by atoms with Gasteiger partial charge < -0.3 is 9.67 Å². The molecule has 20 heavy (non-hydrogen) atoms. The van der Waals surface area contributed by atoms with Gasteiger partial charge in [-0.05, 0) is 12.5 Å². The molecule has 0 bridgehead atoms. The largest absolute Gasteiger partial charge is 0.477 e. The van der Waals surface area contributed by atoms with Gasteiger partial charge in [0.25, 0.3) is 5.91 Å². The summed E-state index contributed by atoms with van der Waals surface area (Å²) in [6.45, 7) is 0. The number of hydrogen-bond acceptors (Lipinski definition) is 4. The van der Waals surface area contributed by atoms with Gasteiger partial charge in [0.15, 0.2) is 0 Å². The van der Waals surface area contributed by atoms with Gasteiger partial charge >= 0.3 is 5.97 Å². The second-order valence-electron chi connectivity index (χ2n) is 4.95. The molecule has 1 atom stereocenters. The maximum atomic E-state index is 12.1. The van der Waals surface area contributed by atoms with Gasteiger partial charge in [-0.3, -0.25) is 9.69 Å². The molecule has 0 spiro atoms. The Balaban J connectivity index is 1.61. The number of hydrogen-bond donors (Lipinski definition) is 1. The number of aromatic nitrogens is 2. The first-order valence-corrected chi connectivity index (χ1v) is 7.43. The highest BCUT2D eigenvalue weighted by atomic mass is 32.2. The van der Waals surface area contributed by atoms with Crippen LogP contribution in [-0.4, -0.2) is 37.5 Å². The predicted molar refractivity (Wildman–Crippen MR) is 72.5 cm³/mol. The topological polar surface area (TPSA) is 75.4 Å². The quantitative estimate of drug-likeness (QED) is 0.650. The molecule has 1 N–H and O–H groups in total. The van der Waals surface area contributed by atoms with Crippen molar-refractivity contribution >= 4 is 29.7 Å². The maximum Gasteiger partial charge on any atom is 0.352 e. The van der Waals surface area contributed by atoms with E-state index in [2.05, 4.69) is 9.55 Å². The lowest BCUT2D eigenvalue weighted by atomic mass is 9.94. The molecule has 3 aliphatic heterocycles. The van der Waals surface area contributed by atoms with Crippen molar-refractivity contribution in [1.82, 2.24) is 14.5 Å². The molecule has 1 amide bonds. The molecule has 1 unspecified atom stereocenters. The van der Waals surface area contributed by atoms with Crippen LogP contribution in [0.3, 0.4) is 0 Å². The summed E-state index contributed by atoms with van der Waals surface area (Å²) < 4.78 is 2.08. The molecular weight excluding hydrogens is 278 g/mol. The molecular formula is C13H11N3O3S. The van der Waals surface area contributed by atoms with E-state index in [9.17, 15) is 9.59 Å². The molecule has 7 heteroatoms. The zero-order chi connectivity index (χ0) is 13.9. The van der Waals surface area contributed by atoms with Gasteiger partial charge in [-0.2, -0.15) is 0 Å². The van der Waals surface area contributed by atoms with Crippen molar-refractivity contribution in [3.63, 3.8) is 0 Å². The van der Waals surface area contributed by atoms with E-state index in [0.29, 0.717) is 12.0 Å². The summed E-state index contributed by atoms with van der Waals surface area (Å²) in [5.41, 5.74) is 1.54. The van der Waals surface area contributed by atoms with Crippen LogP contribution in [0.4, 0.5) is 0 Å². The molecule has 0 aromatic carbocycles. The van der Waals surface area contributed by atoms with E-state index in [-0.39, 0.29) is 17.6 Å². The average molecular weight is 289 g/mol. The lowest BCUT2D eigenvalue weighted by Crippen LogP contribution is -2.52. The second-order valence-corrected chi connectivity index (χ2v) is 5.91. The summed E-state index contributed by atoms with van der Waals surface area (Å²) in [7, 11) is 0. The van der Waals surface area contributed by atoms with Crippen LogP contribution >= 0.6 is 11.8 Å². The Morgan fingerprint density at radius 3 is 3.15 bits per heavy atom. The van der Waals surface area contributed by atoms with Crippen LogP contribution in [0.15, 0.2) is 23.5 Å². The Morgan fingerprint density at radius 1 is 1.55 bits per heavy atom. The van der Waals surface area contributed by atoms with Crippen molar-refractivity contribution in [1.29, 1.82) is 0 Å². The number of rotatable bonds is 2. The Hall–Kier alpha value is -2.02. The van der Waals surface area contributed by atoms with Crippen molar-refractivity contribution in [3.05, 3.63) is 35.1 Å². The first-order valence-electron chi connectivity index (χ1n) is 6.27. The molecule has 102 valence electrons. The number of fused-ring (bicyclic) bond motifs is 2. The zero-order valence-corrected chi connectivity index (χ0v) is 11.3. The molecule has 1 aromatic rings. The van der Waals surface area contributed by atoms with E-state index in [1.807, 2.05) is 18.0 Å². The Bertz CT molecular complexity index is 682. The molecule has 1 saturated heterocycles. The zero-order valence-electron chi connectivity index (χ0n) is 10.4. The first-order chi connectivity index (χ1) is 9.65. The molecule has 4 heterocycles. The lowest BCUT2D eigenvalue weighted by molar-refractivity contribution is -0.142. The van der Waals surface area contributed by atoms with Gasteiger partial charge in [-0.25, -0.2) is 9.78 Å². The minimum Gasteiger partial charge on any atom is -0.477 e. The third-order valence-corrected chi connectivity index (χ3v) is 4.72. The van der Waals surface area contributed by atoms with E-state index in [0.717, 1.165) is 23.1 Å². The van der Waals surface area contributed by atoms with Gasteiger partial charge in [-0.15, -0.1) is 11.8 Å². The minimum atomic E-state index is -1.04. The Morgan fingerprint density at radius 2 is 2.40 bits per heavy atom. The van der Waals surface area contributed by atoms with Crippen molar-refractivity contribution in [3.8, 4) is 0 Å². The highest BCUT2D eigenvalue weighted by Gasteiger charge is 2.48. The number of β-lactam (4-membered cyclic amide) rings is 1. The molecule has 6 nitrogen and oxygen atoms in total. The van der Waals surface area contributed by atoms with Crippen molar-refractivity contribution < 1.29 is 14.7 Å². The molecule has 0 radical (unpaired) electrons. The molecule has 1 aromatic heterocycles. The third-order valence-electron chi connectivity index (χ3n) is 3.79. The summed E-state index contributed by atoms with van der Waals surface area (Å²) in [4.78, 5) is 28.9. The molecule has 0 saturated carbocycles. The van der Waals surface area contributed by atoms with Crippen LogP contribution < -0.4 is 0 Å². The van der Waals surface area contributed by atoms with Crippen LogP contribution in [0.5, 0.6) is 0 Å². The van der Waals surface area contributed by atoms with Gasteiger partial charge in [0.05, 0.1) is 23.4 Å².